The van der Waals surface area contributed by atoms with Gasteiger partial charge in [0.15, 0.2) is 0 Å². The molecule has 0 saturated heterocycles. The topological polar surface area (TPSA) is 29.1 Å². The second-order valence-electron chi connectivity index (χ2n) is 3.74. The highest BCUT2D eigenvalue weighted by Crippen LogP contribution is 2.26. The highest BCUT2D eigenvalue weighted by atomic mass is 79.9. The summed E-state index contributed by atoms with van der Waals surface area (Å²) in [5.41, 5.74) is 0.327. The van der Waals surface area contributed by atoms with E-state index in [1.807, 2.05) is 0 Å². The van der Waals surface area contributed by atoms with Crippen molar-refractivity contribution >= 4 is 51.8 Å². The van der Waals surface area contributed by atoms with E-state index in [1.165, 1.54) is 18.2 Å². The number of carbonyl (C=O) groups is 1. The summed E-state index contributed by atoms with van der Waals surface area (Å²) in [6.07, 6.45) is 0. The fourth-order valence-electron chi connectivity index (χ4n) is 1.47. The molecule has 1 N–H and O–H groups in total. The number of nitrogens with one attached hydrogen (secondary N) is 1. The van der Waals surface area contributed by atoms with Gasteiger partial charge in [-0.1, -0.05) is 27.5 Å². The molecule has 0 aliphatic heterocycles. The first-order chi connectivity index (χ1) is 8.97. The Morgan fingerprint density at radius 2 is 2.00 bits per heavy atom. The van der Waals surface area contributed by atoms with Gasteiger partial charge in [0.25, 0.3) is 5.91 Å². The Labute approximate surface area is 128 Å². The molecule has 1 amide bonds. The molecular formula is C13H8BrClFNOS. The average Bonchev–Trinajstić information content (AvgIpc) is 2.36. The van der Waals surface area contributed by atoms with Gasteiger partial charge in [-0.3, -0.25) is 4.79 Å². The summed E-state index contributed by atoms with van der Waals surface area (Å²) in [6.45, 7) is 0. The zero-order valence-corrected chi connectivity index (χ0v) is 12.7. The lowest BCUT2D eigenvalue weighted by molar-refractivity contribution is 0.102. The summed E-state index contributed by atoms with van der Waals surface area (Å²) in [5.74, 6) is -1.19. The van der Waals surface area contributed by atoms with E-state index in [4.69, 9.17) is 11.6 Å². The Bertz CT molecular complexity index is 651. The van der Waals surface area contributed by atoms with Crippen LogP contribution < -0.4 is 5.32 Å². The van der Waals surface area contributed by atoms with Gasteiger partial charge in [-0.05, 0) is 36.4 Å². The quantitative estimate of drug-likeness (QED) is 0.741. The van der Waals surface area contributed by atoms with Gasteiger partial charge in [-0.15, -0.1) is 12.6 Å². The van der Waals surface area contributed by atoms with Crippen molar-refractivity contribution in [1.82, 2.24) is 0 Å². The lowest BCUT2D eigenvalue weighted by atomic mass is 10.2. The minimum Gasteiger partial charge on any atom is -0.321 e. The zero-order valence-electron chi connectivity index (χ0n) is 9.45. The fourth-order valence-corrected chi connectivity index (χ4v) is 2.20. The van der Waals surface area contributed by atoms with Crippen molar-refractivity contribution in [3.05, 3.63) is 57.3 Å². The van der Waals surface area contributed by atoms with Crippen LogP contribution in [-0.2, 0) is 0 Å². The van der Waals surface area contributed by atoms with Crippen molar-refractivity contribution in [2.75, 3.05) is 5.32 Å². The lowest BCUT2D eigenvalue weighted by Crippen LogP contribution is -2.14. The molecule has 6 heteroatoms. The third kappa shape index (κ3) is 3.49. The molecule has 2 rings (SSSR count). The summed E-state index contributed by atoms with van der Waals surface area (Å²) in [7, 11) is 0. The lowest BCUT2D eigenvalue weighted by Gasteiger charge is -2.08. The van der Waals surface area contributed by atoms with Crippen molar-refractivity contribution in [2.24, 2.45) is 0 Å². The van der Waals surface area contributed by atoms with Crippen LogP contribution in [0, 0.1) is 5.82 Å². The van der Waals surface area contributed by atoms with Crippen LogP contribution in [0.5, 0.6) is 0 Å². The molecular weight excluding hydrogens is 353 g/mol. The van der Waals surface area contributed by atoms with Gasteiger partial charge in [-0.2, -0.15) is 0 Å². The van der Waals surface area contributed by atoms with Crippen LogP contribution in [0.4, 0.5) is 10.1 Å². The zero-order chi connectivity index (χ0) is 14.0. The van der Waals surface area contributed by atoms with Gasteiger partial charge in [0.2, 0.25) is 0 Å². The Balaban J connectivity index is 2.30. The molecule has 2 aromatic carbocycles. The second-order valence-corrected chi connectivity index (χ2v) is 5.58. The smallest absolute Gasteiger partial charge is 0.258 e. The van der Waals surface area contributed by atoms with Crippen LogP contribution >= 0.6 is 40.2 Å². The number of thiol groups is 1. The highest BCUT2D eigenvalue weighted by Gasteiger charge is 2.13. The number of hydrogen-bond acceptors (Lipinski definition) is 2. The molecule has 19 heavy (non-hydrogen) atoms. The standard InChI is InChI=1S/C13H8BrClFNOS/c14-7-1-3-10(15)12(5-7)17-13(18)9-6-8(19)2-4-11(9)16/h1-6,19H,(H,17,18). The molecule has 0 aliphatic carbocycles. The first kappa shape index (κ1) is 14.4. The first-order valence-electron chi connectivity index (χ1n) is 5.22. The number of rotatable bonds is 2. The molecule has 0 aliphatic rings. The van der Waals surface area contributed by atoms with Crippen molar-refractivity contribution < 1.29 is 9.18 Å². The number of halogens is 3. The van der Waals surface area contributed by atoms with Gasteiger partial charge in [-0.25, -0.2) is 4.39 Å². The van der Waals surface area contributed by atoms with E-state index < -0.39 is 11.7 Å². The van der Waals surface area contributed by atoms with Crippen LogP contribution in [0.1, 0.15) is 10.4 Å². The maximum absolute atomic E-state index is 13.6. The van der Waals surface area contributed by atoms with Gasteiger partial charge in [0.1, 0.15) is 5.82 Å². The maximum atomic E-state index is 13.6. The Hall–Kier alpha value is -1.04. The molecule has 0 bridgehead atoms. The predicted octanol–water partition coefficient (Wildman–Crippen LogP) is 4.78. The maximum Gasteiger partial charge on any atom is 0.258 e. The minimum absolute atomic E-state index is 0.0801. The molecule has 0 saturated carbocycles. The van der Waals surface area contributed by atoms with Crippen molar-refractivity contribution in [3.63, 3.8) is 0 Å². The fraction of sp³-hybridized carbons (Fsp3) is 0. The van der Waals surface area contributed by atoms with E-state index in [0.29, 0.717) is 15.6 Å². The third-order valence-electron chi connectivity index (χ3n) is 2.37. The second kappa shape index (κ2) is 5.94. The molecule has 2 aromatic rings. The SMILES string of the molecule is O=C(Nc1cc(Br)ccc1Cl)c1cc(S)ccc1F. The first-order valence-corrected chi connectivity index (χ1v) is 6.84. The van der Waals surface area contributed by atoms with Crippen molar-refractivity contribution in [1.29, 1.82) is 0 Å². The Morgan fingerprint density at radius 3 is 2.74 bits per heavy atom. The van der Waals surface area contributed by atoms with Crippen LogP contribution in [0.3, 0.4) is 0 Å². The normalized spacial score (nSPS) is 10.3. The summed E-state index contributed by atoms with van der Waals surface area (Å²) in [4.78, 5) is 12.5. The largest absolute Gasteiger partial charge is 0.321 e. The van der Waals surface area contributed by atoms with Gasteiger partial charge in [0, 0.05) is 9.37 Å². The average molecular weight is 361 g/mol. The van der Waals surface area contributed by atoms with Crippen molar-refractivity contribution in [3.8, 4) is 0 Å². The summed E-state index contributed by atoms with van der Waals surface area (Å²) < 4.78 is 14.3. The summed E-state index contributed by atoms with van der Waals surface area (Å²) >= 11 is 13.3. The van der Waals surface area contributed by atoms with Gasteiger partial charge < -0.3 is 5.32 Å². The minimum atomic E-state index is -0.610. The van der Waals surface area contributed by atoms with Crippen LogP contribution in [-0.4, -0.2) is 5.91 Å². The van der Waals surface area contributed by atoms with E-state index >= 15 is 0 Å². The van der Waals surface area contributed by atoms with Crippen LogP contribution in [0.2, 0.25) is 5.02 Å². The van der Waals surface area contributed by atoms with Crippen LogP contribution in [0.25, 0.3) is 0 Å². The Kier molecular flexibility index (Phi) is 4.50. The molecule has 0 radical (unpaired) electrons. The Morgan fingerprint density at radius 1 is 1.26 bits per heavy atom. The number of hydrogen-bond donors (Lipinski definition) is 2. The molecule has 0 fully saturated rings. The molecule has 0 heterocycles. The monoisotopic (exact) mass is 359 g/mol. The number of amides is 1. The number of carbonyl (C=O) groups excluding carboxylic acids is 1. The summed E-state index contributed by atoms with van der Waals surface area (Å²) in [6, 6.07) is 9.04. The van der Waals surface area contributed by atoms with Crippen LogP contribution in [0.15, 0.2) is 45.8 Å². The number of anilines is 1. The van der Waals surface area contributed by atoms with Gasteiger partial charge >= 0.3 is 0 Å². The van der Waals surface area contributed by atoms with E-state index in [-0.39, 0.29) is 5.56 Å². The highest BCUT2D eigenvalue weighted by molar-refractivity contribution is 9.10. The van der Waals surface area contributed by atoms with Crippen molar-refractivity contribution in [2.45, 2.75) is 4.90 Å². The van der Waals surface area contributed by atoms with E-state index in [2.05, 4.69) is 33.9 Å². The molecule has 98 valence electrons. The number of benzene rings is 2. The molecule has 0 aromatic heterocycles. The molecule has 0 spiro atoms. The van der Waals surface area contributed by atoms with E-state index in [1.54, 1.807) is 18.2 Å². The molecule has 0 unspecified atom stereocenters. The molecule has 0 atom stereocenters. The molecule has 2 nitrogen and oxygen atoms in total. The van der Waals surface area contributed by atoms with E-state index in [9.17, 15) is 9.18 Å². The van der Waals surface area contributed by atoms with Gasteiger partial charge in [0.05, 0.1) is 16.3 Å². The summed E-state index contributed by atoms with van der Waals surface area (Å²) in [5, 5.41) is 2.93. The predicted molar refractivity (Wildman–Crippen MR) is 80.8 cm³/mol. The third-order valence-corrected chi connectivity index (χ3v) is 3.47. The van der Waals surface area contributed by atoms with E-state index in [0.717, 1.165) is 4.47 Å².